The first-order chi connectivity index (χ1) is 8.47. The Kier molecular flexibility index (Phi) is 3.47. The number of rotatable bonds is 3. The molecule has 18 heavy (non-hydrogen) atoms. The van der Waals surface area contributed by atoms with Crippen LogP contribution in [0.5, 0.6) is 0 Å². The van der Waals surface area contributed by atoms with E-state index in [-0.39, 0.29) is 10.8 Å². The van der Waals surface area contributed by atoms with Crippen LogP contribution >= 0.6 is 11.6 Å². The van der Waals surface area contributed by atoms with Gasteiger partial charge in [0.25, 0.3) is 0 Å². The highest BCUT2D eigenvalue weighted by atomic mass is 35.5. The maximum absolute atomic E-state index is 12.4. The molecule has 0 aliphatic heterocycles. The van der Waals surface area contributed by atoms with Crippen LogP contribution in [0.2, 0.25) is 5.02 Å². The molecule has 0 atom stereocenters. The van der Waals surface area contributed by atoms with Gasteiger partial charge in [-0.3, -0.25) is 0 Å². The van der Waals surface area contributed by atoms with Crippen molar-refractivity contribution in [1.82, 2.24) is 4.98 Å². The number of hydrogen-bond acceptors (Lipinski definition) is 3. The Balaban J connectivity index is 2.10. The Bertz CT molecular complexity index is 526. The molecule has 0 aliphatic carbocycles. The van der Waals surface area contributed by atoms with Gasteiger partial charge in [0.1, 0.15) is 11.6 Å². The largest absolute Gasteiger partial charge is 0.467 e. The molecule has 0 bridgehead atoms. The molecule has 0 unspecified atom stereocenters. The average molecular weight is 277 g/mol. The lowest BCUT2D eigenvalue weighted by Crippen LogP contribution is -2.07. The Morgan fingerprint density at radius 3 is 2.72 bits per heavy atom. The molecule has 0 spiro atoms. The smallest absolute Gasteiger partial charge is 0.417 e. The Morgan fingerprint density at radius 1 is 1.39 bits per heavy atom. The van der Waals surface area contributed by atoms with Crippen molar-refractivity contribution in [2.45, 2.75) is 12.7 Å². The molecule has 2 aromatic heterocycles. The molecule has 0 aliphatic rings. The molecule has 7 heteroatoms. The molecular formula is C11H8ClF3N2O. The molecule has 96 valence electrons. The van der Waals surface area contributed by atoms with Crippen LogP contribution in [0.1, 0.15) is 11.3 Å². The van der Waals surface area contributed by atoms with Crippen LogP contribution in [0.3, 0.4) is 0 Å². The molecule has 2 heterocycles. The number of alkyl halides is 3. The molecule has 0 amide bonds. The van der Waals surface area contributed by atoms with E-state index in [9.17, 15) is 13.2 Å². The maximum atomic E-state index is 12.4. The van der Waals surface area contributed by atoms with Crippen molar-refractivity contribution < 1.29 is 17.6 Å². The minimum absolute atomic E-state index is 0.0867. The zero-order valence-corrected chi connectivity index (χ0v) is 9.72. The zero-order valence-electron chi connectivity index (χ0n) is 8.96. The van der Waals surface area contributed by atoms with Crippen LogP contribution in [0.4, 0.5) is 19.0 Å². The van der Waals surface area contributed by atoms with Crippen molar-refractivity contribution in [3.63, 3.8) is 0 Å². The summed E-state index contributed by atoms with van der Waals surface area (Å²) in [5.74, 6) is 0.814. The fourth-order valence-corrected chi connectivity index (χ4v) is 1.54. The monoisotopic (exact) mass is 276 g/mol. The lowest BCUT2D eigenvalue weighted by molar-refractivity contribution is -0.137. The van der Waals surface area contributed by atoms with E-state index >= 15 is 0 Å². The summed E-state index contributed by atoms with van der Waals surface area (Å²) in [7, 11) is 0. The standard InChI is InChI=1S/C11H8ClF3N2O/c12-9-4-7(11(13,14)15)5-16-10(9)17-6-8-2-1-3-18-8/h1-5H,6H2,(H,16,17). The average Bonchev–Trinajstić information content (AvgIpc) is 2.79. The van der Waals surface area contributed by atoms with Crippen LogP contribution < -0.4 is 5.32 Å². The summed E-state index contributed by atoms with van der Waals surface area (Å²) in [5.41, 5.74) is -0.879. The lowest BCUT2D eigenvalue weighted by atomic mass is 10.3. The molecule has 3 nitrogen and oxygen atoms in total. The number of halogens is 4. The molecule has 2 rings (SSSR count). The minimum Gasteiger partial charge on any atom is -0.467 e. The van der Waals surface area contributed by atoms with Gasteiger partial charge < -0.3 is 9.73 Å². The molecule has 2 aromatic rings. The summed E-state index contributed by atoms with van der Waals surface area (Å²) < 4.78 is 42.2. The van der Waals surface area contributed by atoms with Gasteiger partial charge >= 0.3 is 6.18 Å². The first-order valence-electron chi connectivity index (χ1n) is 4.96. The molecule has 0 saturated heterocycles. The van der Waals surface area contributed by atoms with Gasteiger partial charge in [0, 0.05) is 6.20 Å². The van der Waals surface area contributed by atoms with Crippen molar-refractivity contribution in [1.29, 1.82) is 0 Å². The van der Waals surface area contributed by atoms with Crippen LogP contribution in [-0.2, 0) is 12.7 Å². The SMILES string of the molecule is FC(F)(F)c1cnc(NCc2ccco2)c(Cl)c1. The van der Waals surface area contributed by atoms with Crippen molar-refractivity contribution >= 4 is 17.4 Å². The van der Waals surface area contributed by atoms with Gasteiger partial charge in [0.2, 0.25) is 0 Å². The second-order valence-corrected chi connectivity index (χ2v) is 3.89. The lowest BCUT2D eigenvalue weighted by Gasteiger charge is -2.09. The highest BCUT2D eigenvalue weighted by molar-refractivity contribution is 6.32. The van der Waals surface area contributed by atoms with Crippen LogP contribution in [0, 0.1) is 0 Å². The molecule has 0 saturated carbocycles. The first-order valence-corrected chi connectivity index (χ1v) is 5.33. The van der Waals surface area contributed by atoms with E-state index in [1.54, 1.807) is 12.1 Å². The van der Waals surface area contributed by atoms with Crippen molar-refractivity contribution in [3.8, 4) is 0 Å². The van der Waals surface area contributed by atoms with E-state index in [1.807, 2.05) is 0 Å². The van der Waals surface area contributed by atoms with Crippen molar-refractivity contribution in [3.05, 3.63) is 47.0 Å². The second-order valence-electron chi connectivity index (χ2n) is 3.49. The van der Waals surface area contributed by atoms with E-state index in [4.69, 9.17) is 16.0 Å². The highest BCUT2D eigenvalue weighted by Gasteiger charge is 2.31. The normalized spacial score (nSPS) is 11.6. The van der Waals surface area contributed by atoms with Gasteiger partial charge in [-0.05, 0) is 18.2 Å². The maximum Gasteiger partial charge on any atom is 0.417 e. The number of aromatic nitrogens is 1. The summed E-state index contributed by atoms with van der Waals surface area (Å²) in [6.45, 7) is 0.297. The molecular weight excluding hydrogens is 269 g/mol. The van der Waals surface area contributed by atoms with Crippen molar-refractivity contribution in [2.75, 3.05) is 5.32 Å². The second kappa shape index (κ2) is 4.89. The Hall–Kier alpha value is -1.69. The number of pyridine rings is 1. The van der Waals surface area contributed by atoms with Gasteiger partial charge in [0.15, 0.2) is 0 Å². The quantitative estimate of drug-likeness (QED) is 0.922. The number of anilines is 1. The fourth-order valence-electron chi connectivity index (χ4n) is 1.31. The van der Waals surface area contributed by atoms with Gasteiger partial charge in [0.05, 0.1) is 23.4 Å². The third-order valence-corrected chi connectivity index (χ3v) is 2.47. The summed E-state index contributed by atoms with van der Waals surface area (Å²) >= 11 is 5.72. The molecule has 0 radical (unpaired) electrons. The summed E-state index contributed by atoms with van der Waals surface area (Å²) in [6, 6.07) is 4.27. The molecule has 0 aromatic carbocycles. The van der Waals surface area contributed by atoms with Gasteiger partial charge in [-0.15, -0.1) is 0 Å². The van der Waals surface area contributed by atoms with E-state index in [0.717, 1.165) is 12.3 Å². The predicted octanol–water partition coefficient (Wildman–Crippen LogP) is 3.96. The van der Waals surface area contributed by atoms with Crippen LogP contribution in [-0.4, -0.2) is 4.98 Å². The Morgan fingerprint density at radius 2 is 2.17 bits per heavy atom. The van der Waals surface area contributed by atoms with E-state index in [0.29, 0.717) is 12.3 Å². The predicted molar refractivity (Wildman–Crippen MR) is 60.3 cm³/mol. The van der Waals surface area contributed by atoms with Crippen LogP contribution in [0.25, 0.3) is 0 Å². The third-order valence-electron chi connectivity index (χ3n) is 2.18. The molecule has 1 N–H and O–H groups in total. The number of hydrogen-bond donors (Lipinski definition) is 1. The fraction of sp³-hybridized carbons (Fsp3) is 0.182. The number of nitrogens with zero attached hydrogens (tertiary/aromatic N) is 1. The minimum atomic E-state index is -4.45. The van der Waals surface area contributed by atoms with Crippen LogP contribution in [0.15, 0.2) is 35.1 Å². The van der Waals surface area contributed by atoms with E-state index in [2.05, 4.69) is 10.3 Å². The number of nitrogens with one attached hydrogen (secondary N) is 1. The third kappa shape index (κ3) is 2.95. The van der Waals surface area contributed by atoms with Gasteiger partial charge in [-0.25, -0.2) is 4.98 Å². The van der Waals surface area contributed by atoms with Crippen molar-refractivity contribution in [2.24, 2.45) is 0 Å². The van der Waals surface area contributed by atoms with Gasteiger partial charge in [-0.1, -0.05) is 11.6 Å². The van der Waals surface area contributed by atoms with Gasteiger partial charge in [-0.2, -0.15) is 13.2 Å². The topological polar surface area (TPSA) is 38.1 Å². The molecule has 0 fully saturated rings. The summed E-state index contributed by atoms with van der Waals surface area (Å²) in [6.07, 6.45) is -2.22. The van der Waals surface area contributed by atoms with E-state index in [1.165, 1.54) is 6.26 Å². The number of furan rings is 1. The van der Waals surface area contributed by atoms with E-state index < -0.39 is 11.7 Å². The summed E-state index contributed by atoms with van der Waals surface area (Å²) in [4.78, 5) is 3.64. The Labute approximate surface area is 106 Å². The highest BCUT2D eigenvalue weighted by Crippen LogP contribution is 2.32. The first kappa shape index (κ1) is 12.8. The zero-order chi connectivity index (χ0) is 13.2. The summed E-state index contributed by atoms with van der Waals surface area (Å²) in [5, 5.41) is 2.70.